The number of methoxy groups -OCH3 is 1. The van der Waals surface area contributed by atoms with Crippen molar-refractivity contribution >= 4 is 21.6 Å². The van der Waals surface area contributed by atoms with Crippen molar-refractivity contribution in [1.82, 2.24) is 5.32 Å². The fourth-order valence-electron chi connectivity index (χ4n) is 3.72. The van der Waals surface area contributed by atoms with Crippen molar-refractivity contribution in [3.8, 4) is 11.5 Å². The zero-order chi connectivity index (χ0) is 22.1. The summed E-state index contributed by atoms with van der Waals surface area (Å²) in [5, 5.41) is 3.08. The van der Waals surface area contributed by atoms with E-state index < -0.39 is 15.6 Å². The first kappa shape index (κ1) is 22.0. The molecule has 2 aromatic carbocycles. The highest BCUT2D eigenvalue weighted by Crippen LogP contribution is 2.41. The fraction of sp³-hybridized carbons (Fsp3) is 0.409. The zero-order valence-corrected chi connectivity index (χ0v) is 18.7. The molecule has 30 heavy (non-hydrogen) atoms. The minimum Gasteiger partial charge on any atom is -0.497 e. The van der Waals surface area contributed by atoms with E-state index in [2.05, 4.69) is 5.32 Å². The summed E-state index contributed by atoms with van der Waals surface area (Å²) >= 11 is 0. The third-order valence-electron chi connectivity index (χ3n) is 5.08. The van der Waals surface area contributed by atoms with Gasteiger partial charge in [-0.05, 0) is 63.2 Å². The van der Waals surface area contributed by atoms with Crippen LogP contribution in [0.5, 0.6) is 11.5 Å². The number of fused-ring (bicyclic) bond motifs is 1. The second-order valence-corrected chi connectivity index (χ2v) is 9.88. The van der Waals surface area contributed by atoms with Gasteiger partial charge in [-0.15, -0.1) is 0 Å². The Bertz CT molecular complexity index is 1030. The van der Waals surface area contributed by atoms with Crippen molar-refractivity contribution in [2.24, 2.45) is 0 Å². The lowest BCUT2D eigenvalue weighted by Gasteiger charge is -2.38. The van der Waals surface area contributed by atoms with Gasteiger partial charge in [0.15, 0.2) is 0 Å². The van der Waals surface area contributed by atoms with Crippen molar-refractivity contribution in [2.45, 2.75) is 38.8 Å². The summed E-state index contributed by atoms with van der Waals surface area (Å²) in [5.74, 6) is 1.18. The lowest BCUT2D eigenvalue weighted by atomic mass is 9.89. The predicted molar refractivity (Wildman–Crippen MR) is 117 cm³/mol. The van der Waals surface area contributed by atoms with Gasteiger partial charge in [-0.2, -0.15) is 0 Å². The molecule has 1 N–H and O–H groups in total. The van der Waals surface area contributed by atoms with Gasteiger partial charge in [0.25, 0.3) is 5.91 Å². The average molecular weight is 433 g/mol. The molecule has 1 unspecified atom stereocenters. The zero-order valence-electron chi connectivity index (χ0n) is 17.9. The summed E-state index contributed by atoms with van der Waals surface area (Å²) in [5.41, 5.74) is 1.42. The Morgan fingerprint density at radius 3 is 2.47 bits per heavy atom. The minimum absolute atomic E-state index is 0.236. The number of carbonyl (C=O) groups is 1. The number of nitrogens with zero attached hydrogens (tertiary/aromatic N) is 1. The molecule has 0 aromatic heterocycles. The fourth-order valence-corrected chi connectivity index (χ4v) is 4.69. The molecule has 3 rings (SSSR count). The van der Waals surface area contributed by atoms with E-state index >= 15 is 0 Å². The van der Waals surface area contributed by atoms with Gasteiger partial charge in [-0.25, -0.2) is 8.42 Å². The maximum absolute atomic E-state index is 12.9. The van der Waals surface area contributed by atoms with Crippen LogP contribution >= 0.6 is 0 Å². The summed E-state index contributed by atoms with van der Waals surface area (Å²) < 4.78 is 36.5. The number of hydrogen-bond donors (Lipinski definition) is 1. The normalized spacial score (nSPS) is 17.4. The Kier molecular flexibility index (Phi) is 5.99. The first-order valence-corrected chi connectivity index (χ1v) is 11.6. The molecule has 0 saturated carbocycles. The molecule has 1 atom stereocenters. The molecule has 1 heterocycles. The molecular formula is C22H28N2O5S. The number of rotatable bonds is 6. The lowest BCUT2D eigenvalue weighted by molar-refractivity contribution is 0.0618. The van der Waals surface area contributed by atoms with Gasteiger partial charge in [-0.1, -0.05) is 0 Å². The van der Waals surface area contributed by atoms with E-state index in [-0.39, 0.29) is 11.9 Å². The molecule has 0 aliphatic carbocycles. The van der Waals surface area contributed by atoms with Crippen LogP contribution in [0.3, 0.4) is 0 Å². The monoisotopic (exact) mass is 432 g/mol. The van der Waals surface area contributed by atoms with E-state index in [1.165, 1.54) is 4.31 Å². The van der Waals surface area contributed by atoms with Crippen molar-refractivity contribution in [2.75, 3.05) is 24.2 Å². The third kappa shape index (κ3) is 4.70. The van der Waals surface area contributed by atoms with E-state index in [0.717, 1.165) is 17.6 Å². The lowest BCUT2D eigenvalue weighted by Crippen LogP contribution is -2.41. The Labute approximate surface area is 178 Å². The number of anilines is 1. The van der Waals surface area contributed by atoms with Gasteiger partial charge < -0.3 is 14.8 Å². The molecule has 7 nitrogen and oxygen atoms in total. The Morgan fingerprint density at radius 1 is 1.23 bits per heavy atom. The number of benzene rings is 2. The predicted octanol–water partition coefficient (Wildman–Crippen LogP) is 3.51. The first-order valence-electron chi connectivity index (χ1n) is 9.79. The smallest absolute Gasteiger partial charge is 0.251 e. The number of hydrogen-bond acceptors (Lipinski definition) is 5. The van der Waals surface area contributed by atoms with Crippen molar-refractivity contribution in [3.05, 3.63) is 53.6 Å². The minimum atomic E-state index is -3.37. The topological polar surface area (TPSA) is 84.9 Å². The molecule has 1 aliphatic heterocycles. The van der Waals surface area contributed by atoms with Gasteiger partial charge in [-0.3, -0.25) is 9.10 Å². The number of ether oxygens (including phenoxy) is 2. The van der Waals surface area contributed by atoms with Gasteiger partial charge in [0, 0.05) is 24.1 Å². The summed E-state index contributed by atoms with van der Waals surface area (Å²) in [6, 6.07) is 11.9. The molecule has 2 aromatic rings. The highest BCUT2D eigenvalue weighted by Gasteiger charge is 2.35. The summed E-state index contributed by atoms with van der Waals surface area (Å²) in [4.78, 5) is 12.9. The largest absolute Gasteiger partial charge is 0.497 e. The summed E-state index contributed by atoms with van der Waals surface area (Å²) in [6.45, 7) is 6.05. The molecule has 0 fully saturated rings. The van der Waals surface area contributed by atoms with Gasteiger partial charge in [0.05, 0.1) is 25.1 Å². The highest BCUT2D eigenvalue weighted by atomic mass is 32.2. The molecule has 1 amide bonds. The van der Waals surface area contributed by atoms with Gasteiger partial charge in [0.1, 0.15) is 17.1 Å². The van der Waals surface area contributed by atoms with E-state index in [0.29, 0.717) is 30.0 Å². The van der Waals surface area contributed by atoms with Crippen LogP contribution in [-0.2, 0) is 10.0 Å². The number of sulfonamides is 1. The van der Waals surface area contributed by atoms with Crippen molar-refractivity contribution < 1.29 is 22.7 Å². The quantitative estimate of drug-likeness (QED) is 0.755. The maximum atomic E-state index is 12.9. The molecular weight excluding hydrogens is 404 g/mol. The average Bonchev–Trinajstić information content (AvgIpc) is 2.67. The van der Waals surface area contributed by atoms with Gasteiger partial charge >= 0.3 is 0 Å². The second-order valence-electron chi connectivity index (χ2n) is 7.97. The van der Waals surface area contributed by atoms with Crippen LogP contribution in [-0.4, -0.2) is 39.8 Å². The molecule has 0 spiro atoms. The van der Waals surface area contributed by atoms with Crippen molar-refractivity contribution in [1.29, 1.82) is 0 Å². The van der Waals surface area contributed by atoms with Crippen molar-refractivity contribution in [3.63, 3.8) is 0 Å². The molecule has 0 saturated heterocycles. The SMILES string of the molecule is CCN(c1ccc(C(=O)NC2CC(C)(C)Oc3ccc(OC)cc32)cc1)S(C)(=O)=O. The van der Waals surface area contributed by atoms with Crippen LogP contribution < -0.4 is 19.1 Å². The number of carbonyl (C=O) groups excluding carboxylic acids is 1. The molecule has 0 bridgehead atoms. The molecule has 1 aliphatic rings. The van der Waals surface area contributed by atoms with Gasteiger partial charge in [0.2, 0.25) is 10.0 Å². The Morgan fingerprint density at radius 2 is 1.90 bits per heavy atom. The van der Waals surface area contributed by atoms with Crippen LogP contribution in [0.25, 0.3) is 0 Å². The van der Waals surface area contributed by atoms with Crippen LogP contribution in [0.4, 0.5) is 5.69 Å². The van der Waals surface area contributed by atoms with Crippen LogP contribution in [0.1, 0.15) is 49.2 Å². The highest BCUT2D eigenvalue weighted by molar-refractivity contribution is 7.92. The summed E-state index contributed by atoms with van der Waals surface area (Å²) in [6.07, 6.45) is 1.77. The van der Waals surface area contributed by atoms with Crippen LogP contribution in [0.15, 0.2) is 42.5 Å². The molecule has 162 valence electrons. The second kappa shape index (κ2) is 8.18. The first-order chi connectivity index (χ1) is 14.0. The Balaban J connectivity index is 1.84. The number of amides is 1. The third-order valence-corrected chi connectivity index (χ3v) is 6.35. The van der Waals surface area contributed by atoms with Crippen LogP contribution in [0.2, 0.25) is 0 Å². The maximum Gasteiger partial charge on any atom is 0.251 e. The van der Waals surface area contributed by atoms with E-state index in [4.69, 9.17) is 9.47 Å². The van der Waals surface area contributed by atoms with E-state index in [1.54, 1.807) is 38.3 Å². The molecule has 0 radical (unpaired) electrons. The Hall–Kier alpha value is -2.74. The summed E-state index contributed by atoms with van der Waals surface area (Å²) in [7, 11) is -1.77. The standard InChI is InChI=1S/C22H28N2O5S/c1-6-24(30(5,26)27)16-9-7-15(8-10-16)21(25)23-19-14-22(2,3)29-20-12-11-17(28-4)13-18(19)20/h7-13,19H,6,14H2,1-5H3,(H,23,25). The van der Waals surface area contributed by atoms with E-state index in [1.807, 2.05) is 32.0 Å². The van der Waals surface area contributed by atoms with Crippen LogP contribution in [0, 0.1) is 0 Å². The van der Waals surface area contributed by atoms with E-state index in [9.17, 15) is 13.2 Å². The molecule has 8 heteroatoms. The number of nitrogens with one attached hydrogen (secondary N) is 1.